The van der Waals surface area contributed by atoms with Gasteiger partial charge in [-0.2, -0.15) is 0 Å². The first-order valence-electron chi connectivity index (χ1n) is 12.1. The smallest absolute Gasteiger partial charge is 0.326 e. The lowest BCUT2D eigenvalue weighted by atomic mass is 10.0. The Kier molecular flexibility index (Phi) is 12.5. The summed E-state index contributed by atoms with van der Waals surface area (Å²) in [7, 11) is 0. The number of carboxylic acid groups (broad SMARTS) is 2. The minimum absolute atomic E-state index is 0.0104. The van der Waals surface area contributed by atoms with Crippen LogP contribution in [0, 0.1) is 11.8 Å². The number of carboxylic acids is 2. The van der Waals surface area contributed by atoms with Gasteiger partial charge in [0.25, 0.3) is 0 Å². The van der Waals surface area contributed by atoms with Crippen molar-refractivity contribution in [1.82, 2.24) is 16.0 Å². The van der Waals surface area contributed by atoms with E-state index in [2.05, 4.69) is 16.0 Å². The molecule has 0 aromatic heterocycles. The molecule has 12 nitrogen and oxygen atoms in total. The summed E-state index contributed by atoms with van der Waals surface area (Å²) < 4.78 is 0. The maximum Gasteiger partial charge on any atom is 0.326 e. The fourth-order valence-electron chi connectivity index (χ4n) is 3.55. The first-order chi connectivity index (χ1) is 17.2. The second kappa shape index (κ2) is 14.8. The van der Waals surface area contributed by atoms with Gasteiger partial charge in [-0.1, -0.05) is 39.8 Å². The van der Waals surface area contributed by atoms with Crippen molar-refractivity contribution in [2.75, 3.05) is 0 Å². The highest BCUT2D eigenvalue weighted by Gasteiger charge is 2.31. The fourth-order valence-corrected chi connectivity index (χ4v) is 3.55. The van der Waals surface area contributed by atoms with Crippen LogP contribution < -0.4 is 21.7 Å². The Morgan fingerprint density at radius 1 is 0.838 bits per heavy atom. The number of benzene rings is 1. The van der Waals surface area contributed by atoms with Crippen LogP contribution in [0.3, 0.4) is 0 Å². The molecule has 206 valence electrons. The van der Waals surface area contributed by atoms with Crippen LogP contribution in [0.1, 0.15) is 52.5 Å². The van der Waals surface area contributed by atoms with Crippen molar-refractivity contribution in [3.63, 3.8) is 0 Å². The number of aromatic hydroxyl groups is 1. The Bertz CT molecular complexity index is 949. The summed E-state index contributed by atoms with van der Waals surface area (Å²) in [6.45, 7) is 6.96. The number of hydrogen-bond acceptors (Lipinski definition) is 7. The molecule has 4 atom stereocenters. The van der Waals surface area contributed by atoms with E-state index in [0.717, 1.165) is 0 Å². The summed E-state index contributed by atoms with van der Waals surface area (Å²) in [5, 5.41) is 35.4. The number of phenols is 1. The van der Waals surface area contributed by atoms with Crippen molar-refractivity contribution in [1.29, 1.82) is 0 Å². The number of hydrogen-bond donors (Lipinski definition) is 7. The molecular weight excluding hydrogens is 484 g/mol. The first kappa shape index (κ1) is 31.4. The molecular formula is C25H38N4O8. The van der Waals surface area contributed by atoms with Crippen molar-refractivity contribution in [3.8, 4) is 5.75 Å². The number of aliphatic carboxylic acids is 2. The SMILES string of the molecule is CC(C)CC(N)C(=O)NC(Cc1ccc(O)cc1)C(=O)NC(CCC(=O)O)C(=O)NC(C(=O)O)C(C)C. The summed E-state index contributed by atoms with van der Waals surface area (Å²) in [4.78, 5) is 61.4. The highest BCUT2D eigenvalue weighted by Crippen LogP contribution is 2.13. The van der Waals surface area contributed by atoms with E-state index in [1.807, 2.05) is 13.8 Å². The molecule has 0 bridgehead atoms. The second-order valence-electron chi connectivity index (χ2n) is 9.73. The summed E-state index contributed by atoms with van der Waals surface area (Å²) >= 11 is 0. The highest BCUT2D eigenvalue weighted by molar-refractivity contribution is 5.94. The molecule has 0 saturated heterocycles. The molecule has 8 N–H and O–H groups in total. The maximum absolute atomic E-state index is 13.2. The molecule has 4 unspecified atom stereocenters. The molecule has 0 spiro atoms. The van der Waals surface area contributed by atoms with Crippen LogP contribution in [-0.4, -0.2) is 69.1 Å². The third-order valence-electron chi connectivity index (χ3n) is 5.58. The van der Waals surface area contributed by atoms with E-state index in [1.54, 1.807) is 26.0 Å². The molecule has 12 heteroatoms. The predicted octanol–water partition coefficient (Wildman–Crippen LogP) is 0.368. The fraction of sp³-hybridized carbons (Fsp3) is 0.560. The Morgan fingerprint density at radius 2 is 1.38 bits per heavy atom. The van der Waals surface area contributed by atoms with Crippen LogP contribution in [0.2, 0.25) is 0 Å². The van der Waals surface area contributed by atoms with Crippen LogP contribution >= 0.6 is 0 Å². The molecule has 37 heavy (non-hydrogen) atoms. The third kappa shape index (κ3) is 11.3. The molecule has 1 rings (SSSR count). The minimum Gasteiger partial charge on any atom is -0.508 e. The van der Waals surface area contributed by atoms with E-state index in [4.69, 9.17) is 10.8 Å². The van der Waals surface area contributed by atoms with E-state index < -0.39 is 66.2 Å². The lowest BCUT2D eigenvalue weighted by molar-refractivity contribution is -0.144. The number of carbonyl (C=O) groups is 5. The van der Waals surface area contributed by atoms with E-state index in [9.17, 15) is 34.2 Å². The highest BCUT2D eigenvalue weighted by atomic mass is 16.4. The van der Waals surface area contributed by atoms with Gasteiger partial charge in [0.15, 0.2) is 0 Å². The first-order valence-corrected chi connectivity index (χ1v) is 12.1. The van der Waals surface area contributed by atoms with Gasteiger partial charge < -0.3 is 37.0 Å². The standard InChI is InChI=1S/C25H38N4O8/c1-13(2)11-17(26)22(33)28-19(12-15-5-7-16(30)8-6-15)24(35)27-18(9-10-20(31)32)23(34)29-21(14(3)4)25(36)37/h5-8,13-14,17-19,21,30H,9-12,26H2,1-4H3,(H,27,35)(H,28,33)(H,29,34)(H,31,32)(H,36,37). The minimum atomic E-state index is -1.37. The topological polar surface area (TPSA) is 208 Å². The van der Waals surface area contributed by atoms with Gasteiger partial charge in [0.1, 0.15) is 23.9 Å². The lowest BCUT2D eigenvalue weighted by Crippen LogP contribution is -2.58. The number of phenolic OH excluding ortho intramolecular Hbond substituents is 1. The average Bonchev–Trinajstić information content (AvgIpc) is 2.79. The third-order valence-corrected chi connectivity index (χ3v) is 5.58. The van der Waals surface area contributed by atoms with Crippen molar-refractivity contribution in [2.45, 2.75) is 77.5 Å². The van der Waals surface area contributed by atoms with Crippen LogP contribution in [0.5, 0.6) is 5.75 Å². The number of amides is 3. The Morgan fingerprint density at radius 3 is 1.86 bits per heavy atom. The van der Waals surface area contributed by atoms with Crippen molar-refractivity contribution in [2.24, 2.45) is 17.6 Å². The molecule has 0 heterocycles. The van der Waals surface area contributed by atoms with Gasteiger partial charge in [0.2, 0.25) is 17.7 Å². The van der Waals surface area contributed by atoms with Gasteiger partial charge in [0.05, 0.1) is 6.04 Å². The molecule has 0 radical (unpaired) electrons. The quantitative estimate of drug-likeness (QED) is 0.169. The molecule has 0 aliphatic carbocycles. The zero-order chi connectivity index (χ0) is 28.3. The largest absolute Gasteiger partial charge is 0.508 e. The van der Waals surface area contributed by atoms with Gasteiger partial charge in [-0.15, -0.1) is 0 Å². The molecule has 0 aliphatic heterocycles. The number of carbonyl (C=O) groups excluding carboxylic acids is 3. The van der Waals surface area contributed by atoms with E-state index in [1.165, 1.54) is 12.1 Å². The maximum atomic E-state index is 13.2. The molecule has 0 aliphatic rings. The Balaban J connectivity index is 3.17. The van der Waals surface area contributed by atoms with Gasteiger partial charge in [0, 0.05) is 12.8 Å². The normalized spacial score (nSPS) is 14.4. The molecule has 1 aromatic carbocycles. The van der Waals surface area contributed by atoms with Crippen molar-refractivity contribution >= 4 is 29.7 Å². The van der Waals surface area contributed by atoms with Crippen molar-refractivity contribution in [3.05, 3.63) is 29.8 Å². The van der Waals surface area contributed by atoms with Crippen LogP contribution in [-0.2, 0) is 30.4 Å². The summed E-state index contributed by atoms with van der Waals surface area (Å²) in [5.74, 6) is -5.04. The van der Waals surface area contributed by atoms with Gasteiger partial charge in [-0.25, -0.2) is 4.79 Å². The average molecular weight is 523 g/mol. The molecule has 3 amide bonds. The van der Waals surface area contributed by atoms with Crippen LogP contribution in [0.15, 0.2) is 24.3 Å². The van der Waals surface area contributed by atoms with Crippen LogP contribution in [0.25, 0.3) is 0 Å². The van der Waals surface area contributed by atoms with E-state index in [0.29, 0.717) is 12.0 Å². The monoisotopic (exact) mass is 522 g/mol. The predicted molar refractivity (Wildman–Crippen MR) is 134 cm³/mol. The van der Waals surface area contributed by atoms with E-state index >= 15 is 0 Å². The number of nitrogens with two attached hydrogens (primary N) is 1. The number of nitrogens with one attached hydrogen (secondary N) is 3. The zero-order valence-electron chi connectivity index (χ0n) is 21.6. The molecule has 1 aromatic rings. The molecule has 0 saturated carbocycles. The van der Waals surface area contributed by atoms with E-state index in [-0.39, 0.29) is 24.5 Å². The zero-order valence-corrected chi connectivity index (χ0v) is 21.6. The Hall–Kier alpha value is -3.67. The summed E-state index contributed by atoms with van der Waals surface area (Å²) in [6.07, 6.45) is -0.409. The van der Waals surface area contributed by atoms with Gasteiger partial charge in [-0.05, 0) is 42.4 Å². The van der Waals surface area contributed by atoms with Gasteiger partial charge >= 0.3 is 11.9 Å². The Labute approximate surface area is 216 Å². The van der Waals surface area contributed by atoms with Crippen LogP contribution in [0.4, 0.5) is 0 Å². The van der Waals surface area contributed by atoms with Crippen molar-refractivity contribution < 1.29 is 39.3 Å². The molecule has 0 fully saturated rings. The summed E-state index contributed by atoms with van der Waals surface area (Å²) in [6, 6.07) is 1.26. The summed E-state index contributed by atoms with van der Waals surface area (Å²) in [5.41, 5.74) is 6.55. The van der Waals surface area contributed by atoms with Gasteiger partial charge in [-0.3, -0.25) is 19.2 Å². The number of rotatable bonds is 15. The second-order valence-corrected chi connectivity index (χ2v) is 9.73. The lowest BCUT2D eigenvalue weighted by Gasteiger charge is -2.26.